The number of rotatable bonds is 6. The van der Waals surface area contributed by atoms with Crippen molar-refractivity contribution in [1.82, 2.24) is 9.55 Å². The predicted molar refractivity (Wildman–Crippen MR) is 124 cm³/mol. The number of nitrogens with zero attached hydrogens (tertiary/aromatic N) is 2. The van der Waals surface area contributed by atoms with Crippen LogP contribution in [0.25, 0.3) is 11.0 Å². The van der Waals surface area contributed by atoms with Gasteiger partial charge in [-0.15, -0.1) is 0 Å². The van der Waals surface area contributed by atoms with Crippen LogP contribution in [0.3, 0.4) is 0 Å². The Hall–Kier alpha value is -3.09. The van der Waals surface area contributed by atoms with E-state index >= 15 is 0 Å². The number of carbonyl (C=O) groups is 2. The molecule has 4 aromatic rings. The Labute approximate surface area is 188 Å². The lowest BCUT2D eigenvalue weighted by atomic mass is 10.1. The number of aromatic nitrogens is 2. The molecular weight excluding hydrogens is 430 g/mol. The van der Waals surface area contributed by atoms with E-state index in [1.807, 2.05) is 42.5 Å². The van der Waals surface area contributed by atoms with Gasteiger partial charge in [0, 0.05) is 11.3 Å². The summed E-state index contributed by atoms with van der Waals surface area (Å²) in [6, 6.07) is 21.5. The van der Waals surface area contributed by atoms with Gasteiger partial charge in [-0.25, -0.2) is 4.98 Å². The molecule has 3 aromatic carbocycles. The first kappa shape index (κ1) is 19.8. The van der Waals surface area contributed by atoms with Gasteiger partial charge in [-0.1, -0.05) is 65.8 Å². The highest BCUT2D eigenvalue weighted by Crippen LogP contribution is 2.32. The van der Waals surface area contributed by atoms with Crippen molar-refractivity contribution in [2.45, 2.75) is 18.1 Å². The lowest BCUT2D eigenvalue weighted by Crippen LogP contribution is -2.07. The molecule has 1 N–H and O–H groups in total. The number of thioether (sulfide) groups is 1. The zero-order valence-corrected chi connectivity index (χ0v) is 18.0. The summed E-state index contributed by atoms with van der Waals surface area (Å²) in [5.74, 6) is 0.0352. The van der Waals surface area contributed by atoms with Crippen LogP contribution in [-0.4, -0.2) is 27.0 Å². The van der Waals surface area contributed by atoms with Crippen molar-refractivity contribution >= 4 is 51.8 Å². The maximum atomic E-state index is 13.0. The van der Waals surface area contributed by atoms with Crippen molar-refractivity contribution in [2.75, 3.05) is 11.1 Å². The van der Waals surface area contributed by atoms with Gasteiger partial charge in [-0.3, -0.25) is 9.59 Å². The number of imidazole rings is 1. The average molecular weight is 448 g/mol. The molecule has 0 atom stereocenters. The van der Waals surface area contributed by atoms with Crippen molar-refractivity contribution in [3.05, 3.63) is 88.4 Å². The number of para-hydroxylation sites is 2. The molecule has 1 aromatic heterocycles. The summed E-state index contributed by atoms with van der Waals surface area (Å²) in [5.41, 5.74) is 5.02. The molecule has 0 saturated carbocycles. The van der Waals surface area contributed by atoms with Gasteiger partial charge in [0.05, 0.1) is 34.8 Å². The minimum atomic E-state index is -0.0875. The number of fused-ring (bicyclic) bond motifs is 2. The van der Waals surface area contributed by atoms with Crippen LogP contribution in [-0.2, 0) is 17.8 Å². The third-order valence-corrected chi connectivity index (χ3v) is 6.54. The predicted octanol–water partition coefficient (Wildman–Crippen LogP) is 5.21. The molecule has 1 aliphatic rings. The number of benzene rings is 3. The summed E-state index contributed by atoms with van der Waals surface area (Å²) in [5, 5.41) is 3.89. The monoisotopic (exact) mass is 447 g/mol. The van der Waals surface area contributed by atoms with Gasteiger partial charge < -0.3 is 9.88 Å². The minimum absolute atomic E-state index is 0.0836. The molecule has 0 spiro atoms. The zero-order valence-electron chi connectivity index (χ0n) is 16.5. The second-order valence-corrected chi connectivity index (χ2v) is 8.73. The molecule has 1 aliphatic heterocycles. The Bertz CT molecular complexity index is 1320. The minimum Gasteiger partial charge on any atom is -0.325 e. The lowest BCUT2D eigenvalue weighted by Gasteiger charge is -2.10. The smallest absolute Gasteiger partial charge is 0.228 e. The number of hydrogen-bond donors (Lipinski definition) is 1. The molecule has 154 valence electrons. The van der Waals surface area contributed by atoms with Crippen LogP contribution in [0.15, 0.2) is 71.9 Å². The Balaban J connectivity index is 1.41. The maximum Gasteiger partial charge on any atom is 0.228 e. The summed E-state index contributed by atoms with van der Waals surface area (Å²) in [4.78, 5) is 29.3. The summed E-state index contributed by atoms with van der Waals surface area (Å²) in [6.45, 7) is 0.672. The van der Waals surface area contributed by atoms with Crippen molar-refractivity contribution in [1.29, 1.82) is 0 Å². The fraction of sp³-hybridized carbons (Fsp3) is 0.125. The summed E-state index contributed by atoms with van der Waals surface area (Å²) in [7, 11) is 0. The third kappa shape index (κ3) is 3.96. The molecule has 2 heterocycles. The van der Waals surface area contributed by atoms with E-state index in [0.717, 1.165) is 27.3 Å². The van der Waals surface area contributed by atoms with Gasteiger partial charge >= 0.3 is 0 Å². The number of halogens is 1. The molecule has 0 radical (unpaired) electrons. The summed E-state index contributed by atoms with van der Waals surface area (Å²) in [6.07, 6.45) is 0.271. The molecule has 1 amide bonds. The maximum absolute atomic E-state index is 13.0. The van der Waals surface area contributed by atoms with Crippen LogP contribution in [0, 0.1) is 0 Å². The van der Waals surface area contributed by atoms with Crippen LogP contribution in [0.5, 0.6) is 0 Å². The topological polar surface area (TPSA) is 64.0 Å². The van der Waals surface area contributed by atoms with E-state index in [0.29, 0.717) is 22.8 Å². The standard InChI is InChI=1S/C24H18ClN3O2S/c25-18-12-20-16(11-23(30)26-20)10-17(18)22(29)14-31-24-27-19-8-4-5-9-21(19)28(24)13-15-6-2-1-3-7-15/h1-10,12H,11,13-14H2,(H,26,30). The van der Waals surface area contributed by atoms with E-state index in [-0.39, 0.29) is 23.9 Å². The van der Waals surface area contributed by atoms with E-state index in [4.69, 9.17) is 16.6 Å². The molecule has 7 heteroatoms. The van der Waals surface area contributed by atoms with Crippen LogP contribution in [0.1, 0.15) is 21.5 Å². The first-order chi connectivity index (χ1) is 15.1. The van der Waals surface area contributed by atoms with Crippen LogP contribution >= 0.6 is 23.4 Å². The highest BCUT2D eigenvalue weighted by Gasteiger charge is 2.22. The van der Waals surface area contributed by atoms with Crippen molar-refractivity contribution in [2.24, 2.45) is 0 Å². The molecule has 5 rings (SSSR count). The quantitative estimate of drug-likeness (QED) is 0.325. The normalized spacial score (nSPS) is 12.7. The fourth-order valence-electron chi connectivity index (χ4n) is 3.75. The number of hydrogen-bond acceptors (Lipinski definition) is 4. The van der Waals surface area contributed by atoms with Gasteiger partial charge in [0.15, 0.2) is 10.9 Å². The van der Waals surface area contributed by atoms with Gasteiger partial charge in [-0.2, -0.15) is 0 Å². The van der Waals surface area contributed by atoms with E-state index in [1.165, 1.54) is 11.8 Å². The Morgan fingerprint density at radius 3 is 2.71 bits per heavy atom. The first-order valence-corrected chi connectivity index (χ1v) is 11.2. The first-order valence-electron chi connectivity index (χ1n) is 9.86. The molecule has 0 fully saturated rings. The Kier molecular flexibility index (Phi) is 5.26. The lowest BCUT2D eigenvalue weighted by molar-refractivity contribution is -0.115. The molecular formula is C24H18ClN3O2S. The summed E-state index contributed by atoms with van der Waals surface area (Å²) >= 11 is 7.73. The van der Waals surface area contributed by atoms with Gasteiger partial charge in [0.25, 0.3) is 0 Å². The average Bonchev–Trinajstić information content (AvgIpc) is 3.31. The second-order valence-electron chi connectivity index (χ2n) is 7.38. The van der Waals surface area contributed by atoms with Crippen molar-refractivity contribution in [3.8, 4) is 0 Å². The molecule has 0 unspecified atom stereocenters. The molecule has 0 aliphatic carbocycles. The summed E-state index contributed by atoms with van der Waals surface area (Å²) < 4.78 is 2.13. The third-order valence-electron chi connectivity index (χ3n) is 5.25. The highest BCUT2D eigenvalue weighted by atomic mass is 35.5. The molecule has 31 heavy (non-hydrogen) atoms. The number of carbonyl (C=O) groups excluding carboxylic acids is 2. The van der Waals surface area contributed by atoms with Crippen LogP contribution in [0.4, 0.5) is 5.69 Å². The van der Waals surface area contributed by atoms with E-state index in [2.05, 4.69) is 22.0 Å². The zero-order chi connectivity index (χ0) is 21.4. The number of amides is 1. The molecule has 0 saturated heterocycles. The van der Waals surface area contributed by atoms with E-state index < -0.39 is 0 Å². The van der Waals surface area contributed by atoms with Crippen molar-refractivity contribution in [3.63, 3.8) is 0 Å². The van der Waals surface area contributed by atoms with E-state index in [1.54, 1.807) is 12.1 Å². The van der Waals surface area contributed by atoms with Crippen molar-refractivity contribution < 1.29 is 9.59 Å². The van der Waals surface area contributed by atoms with Gasteiger partial charge in [-0.05, 0) is 35.4 Å². The van der Waals surface area contributed by atoms with Crippen LogP contribution < -0.4 is 5.32 Å². The fourth-order valence-corrected chi connectivity index (χ4v) is 4.92. The molecule has 5 nitrogen and oxygen atoms in total. The molecule has 0 bridgehead atoms. The number of ketones is 1. The van der Waals surface area contributed by atoms with E-state index in [9.17, 15) is 9.59 Å². The van der Waals surface area contributed by atoms with Gasteiger partial charge in [0.1, 0.15) is 0 Å². The second kappa shape index (κ2) is 8.21. The SMILES string of the molecule is O=C1Cc2cc(C(=O)CSc3nc4ccccc4n3Cc3ccccc3)c(Cl)cc2N1. The Morgan fingerprint density at radius 1 is 1.10 bits per heavy atom. The van der Waals surface area contributed by atoms with Gasteiger partial charge in [0.2, 0.25) is 5.91 Å². The number of Topliss-reactive ketones (excluding diaryl/α,β-unsaturated/α-hetero) is 1. The highest BCUT2D eigenvalue weighted by molar-refractivity contribution is 7.99. The Morgan fingerprint density at radius 2 is 1.87 bits per heavy atom. The number of nitrogens with one attached hydrogen (secondary N) is 1. The number of anilines is 1. The van der Waals surface area contributed by atoms with Crippen LogP contribution in [0.2, 0.25) is 5.02 Å². The largest absolute Gasteiger partial charge is 0.325 e.